The highest BCUT2D eigenvalue weighted by molar-refractivity contribution is 5.89. The third-order valence-corrected chi connectivity index (χ3v) is 5.10. The van der Waals surface area contributed by atoms with Gasteiger partial charge in [0, 0.05) is 44.3 Å². The van der Waals surface area contributed by atoms with Crippen LogP contribution in [0.5, 0.6) is 0 Å². The highest BCUT2D eigenvalue weighted by atomic mass is 15.2. The minimum absolute atomic E-state index is 1.12. The van der Waals surface area contributed by atoms with Crippen LogP contribution in [-0.2, 0) is 13.0 Å². The van der Waals surface area contributed by atoms with E-state index in [1.807, 2.05) is 0 Å². The smallest absolute Gasteiger partial charge is 0.0515 e. The van der Waals surface area contributed by atoms with Crippen LogP contribution in [0.3, 0.4) is 0 Å². The molecule has 0 amide bonds. The van der Waals surface area contributed by atoms with E-state index in [9.17, 15) is 0 Å². The monoisotopic (exact) mass is 313 g/mol. The lowest BCUT2D eigenvalue weighted by atomic mass is 10.0. The third-order valence-electron chi connectivity index (χ3n) is 5.10. The lowest BCUT2D eigenvalue weighted by Crippen LogP contribution is -2.43. The second-order valence-corrected chi connectivity index (χ2v) is 6.97. The fourth-order valence-electron chi connectivity index (χ4n) is 3.92. The maximum atomic E-state index is 3.43. The molecule has 1 aliphatic heterocycles. The summed E-state index contributed by atoms with van der Waals surface area (Å²) in [6.07, 6.45) is 6.07. The van der Waals surface area contributed by atoms with Crippen LogP contribution in [0.2, 0.25) is 0 Å². The molecule has 1 aromatic heterocycles. The van der Waals surface area contributed by atoms with Crippen molar-refractivity contribution in [1.82, 2.24) is 14.8 Å². The SMILES string of the molecule is CCCn1cc(CCCN2CCNCC2)c2c(C)ccc(C)c21. The first-order valence-electron chi connectivity index (χ1n) is 9.21. The van der Waals surface area contributed by atoms with Gasteiger partial charge in [-0.05, 0) is 56.3 Å². The van der Waals surface area contributed by atoms with Crippen molar-refractivity contribution in [2.75, 3.05) is 32.7 Å². The maximum absolute atomic E-state index is 3.43. The highest BCUT2D eigenvalue weighted by Crippen LogP contribution is 2.29. The summed E-state index contributed by atoms with van der Waals surface area (Å²) in [5, 5.41) is 4.95. The van der Waals surface area contributed by atoms with E-state index in [4.69, 9.17) is 0 Å². The van der Waals surface area contributed by atoms with Crippen molar-refractivity contribution in [2.45, 2.75) is 46.6 Å². The quantitative estimate of drug-likeness (QED) is 0.881. The summed E-state index contributed by atoms with van der Waals surface area (Å²) in [7, 11) is 0. The number of nitrogens with zero attached hydrogens (tertiary/aromatic N) is 2. The molecule has 0 spiro atoms. The number of rotatable bonds is 6. The Hall–Kier alpha value is -1.32. The Balaban J connectivity index is 1.78. The molecule has 0 bridgehead atoms. The van der Waals surface area contributed by atoms with Gasteiger partial charge in [0.2, 0.25) is 0 Å². The van der Waals surface area contributed by atoms with Crippen molar-refractivity contribution in [3.63, 3.8) is 0 Å². The average Bonchev–Trinajstić information content (AvgIpc) is 2.92. The second kappa shape index (κ2) is 7.50. The van der Waals surface area contributed by atoms with E-state index in [-0.39, 0.29) is 0 Å². The summed E-state index contributed by atoms with van der Waals surface area (Å²) in [6, 6.07) is 4.56. The Morgan fingerprint density at radius 1 is 1.04 bits per heavy atom. The number of aromatic nitrogens is 1. The molecule has 0 atom stereocenters. The Morgan fingerprint density at radius 3 is 2.52 bits per heavy atom. The topological polar surface area (TPSA) is 20.2 Å². The number of piperazine rings is 1. The van der Waals surface area contributed by atoms with E-state index >= 15 is 0 Å². The van der Waals surface area contributed by atoms with Crippen molar-refractivity contribution in [1.29, 1.82) is 0 Å². The number of fused-ring (bicyclic) bond motifs is 1. The van der Waals surface area contributed by atoms with Gasteiger partial charge in [0.25, 0.3) is 0 Å². The van der Waals surface area contributed by atoms with Gasteiger partial charge in [0.15, 0.2) is 0 Å². The molecule has 1 fully saturated rings. The molecule has 1 N–H and O–H groups in total. The third kappa shape index (κ3) is 3.61. The Labute approximate surface area is 140 Å². The number of benzene rings is 1. The van der Waals surface area contributed by atoms with Crippen LogP contribution in [0.25, 0.3) is 10.9 Å². The largest absolute Gasteiger partial charge is 0.347 e. The lowest BCUT2D eigenvalue weighted by molar-refractivity contribution is 0.238. The summed E-state index contributed by atoms with van der Waals surface area (Å²) in [6.45, 7) is 13.8. The molecule has 1 saturated heterocycles. The minimum atomic E-state index is 1.12. The zero-order chi connectivity index (χ0) is 16.2. The zero-order valence-electron chi connectivity index (χ0n) is 15.0. The predicted molar refractivity (Wildman–Crippen MR) is 99.3 cm³/mol. The van der Waals surface area contributed by atoms with Gasteiger partial charge in [0.1, 0.15) is 0 Å². The van der Waals surface area contributed by atoms with Gasteiger partial charge in [-0.15, -0.1) is 0 Å². The van der Waals surface area contributed by atoms with E-state index in [0.29, 0.717) is 0 Å². The van der Waals surface area contributed by atoms with Crippen LogP contribution in [0.4, 0.5) is 0 Å². The van der Waals surface area contributed by atoms with Gasteiger partial charge in [-0.2, -0.15) is 0 Å². The fraction of sp³-hybridized carbons (Fsp3) is 0.600. The van der Waals surface area contributed by atoms with Gasteiger partial charge < -0.3 is 14.8 Å². The predicted octanol–water partition coefficient (Wildman–Crippen LogP) is 3.51. The molecule has 0 aliphatic carbocycles. The molecule has 3 nitrogen and oxygen atoms in total. The molecule has 2 heterocycles. The molecule has 126 valence electrons. The Morgan fingerprint density at radius 2 is 1.78 bits per heavy atom. The Kier molecular flexibility index (Phi) is 5.39. The molecule has 3 heteroatoms. The van der Waals surface area contributed by atoms with Crippen LogP contribution in [0.15, 0.2) is 18.3 Å². The molecule has 3 rings (SSSR count). The molecule has 0 unspecified atom stereocenters. The number of nitrogens with one attached hydrogen (secondary N) is 1. The van der Waals surface area contributed by atoms with Gasteiger partial charge >= 0.3 is 0 Å². The van der Waals surface area contributed by atoms with Gasteiger partial charge in [-0.1, -0.05) is 19.1 Å². The van der Waals surface area contributed by atoms with E-state index in [1.165, 1.54) is 60.9 Å². The molecular weight excluding hydrogens is 282 g/mol. The number of aryl methyl sites for hydroxylation is 4. The molecule has 0 radical (unpaired) electrons. The summed E-state index contributed by atoms with van der Waals surface area (Å²) >= 11 is 0. The van der Waals surface area contributed by atoms with E-state index in [2.05, 4.69) is 53.9 Å². The van der Waals surface area contributed by atoms with Crippen molar-refractivity contribution in [2.24, 2.45) is 0 Å². The van der Waals surface area contributed by atoms with E-state index in [0.717, 1.165) is 19.6 Å². The minimum Gasteiger partial charge on any atom is -0.347 e. The summed E-state index contributed by atoms with van der Waals surface area (Å²) in [5.41, 5.74) is 5.85. The second-order valence-electron chi connectivity index (χ2n) is 6.97. The van der Waals surface area contributed by atoms with E-state index < -0.39 is 0 Å². The maximum Gasteiger partial charge on any atom is 0.0515 e. The molecular formula is C20H31N3. The number of hydrogen-bond donors (Lipinski definition) is 1. The van der Waals surface area contributed by atoms with Crippen LogP contribution >= 0.6 is 0 Å². The first-order valence-corrected chi connectivity index (χ1v) is 9.21. The normalized spacial score (nSPS) is 16.3. The van der Waals surface area contributed by atoms with Crippen LogP contribution < -0.4 is 5.32 Å². The van der Waals surface area contributed by atoms with Crippen LogP contribution in [0, 0.1) is 13.8 Å². The highest BCUT2D eigenvalue weighted by Gasteiger charge is 2.14. The zero-order valence-corrected chi connectivity index (χ0v) is 15.0. The van der Waals surface area contributed by atoms with Crippen molar-refractivity contribution in [3.8, 4) is 0 Å². The molecule has 2 aromatic rings. The average molecular weight is 313 g/mol. The van der Waals surface area contributed by atoms with Crippen LogP contribution in [-0.4, -0.2) is 42.2 Å². The van der Waals surface area contributed by atoms with E-state index in [1.54, 1.807) is 5.56 Å². The summed E-state index contributed by atoms with van der Waals surface area (Å²) in [4.78, 5) is 2.60. The molecule has 1 aliphatic rings. The summed E-state index contributed by atoms with van der Waals surface area (Å²) < 4.78 is 2.48. The van der Waals surface area contributed by atoms with Gasteiger partial charge in [-0.25, -0.2) is 0 Å². The molecule has 23 heavy (non-hydrogen) atoms. The van der Waals surface area contributed by atoms with Crippen molar-refractivity contribution in [3.05, 3.63) is 35.0 Å². The Bertz CT molecular complexity index is 650. The first-order chi connectivity index (χ1) is 11.2. The molecule has 1 aromatic carbocycles. The first kappa shape index (κ1) is 16.5. The fourth-order valence-corrected chi connectivity index (χ4v) is 3.92. The molecule has 0 saturated carbocycles. The van der Waals surface area contributed by atoms with Crippen molar-refractivity contribution >= 4 is 10.9 Å². The van der Waals surface area contributed by atoms with Crippen molar-refractivity contribution < 1.29 is 0 Å². The summed E-state index contributed by atoms with van der Waals surface area (Å²) in [5.74, 6) is 0. The standard InChI is InChI=1S/C20H31N3/c1-4-11-23-15-18(6-5-12-22-13-9-21-10-14-22)19-16(2)7-8-17(3)20(19)23/h7-8,15,21H,4-6,9-14H2,1-3H3. The van der Waals surface area contributed by atoms with Gasteiger partial charge in [0.05, 0.1) is 5.52 Å². The lowest BCUT2D eigenvalue weighted by Gasteiger charge is -2.27. The van der Waals surface area contributed by atoms with Crippen LogP contribution in [0.1, 0.15) is 36.5 Å². The number of hydrogen-bond acceptors (Lipinski definition) is 2. The van der Waals surface area contributed by atoms with Gasteiger partial charge in [-0.3, -0.25) is 0 Å².